The molecule has 0 unspecified atom stereocenters. The minimum atomic E-state index is -4.70. The van der Waals surface area contributed by atoms with Crippen LogP contribution in [0.25, 0.3) is 11.5 Å². The van der Waals surface area contributed by atoms with E-state index in [9.17, 15) is 22.8 Å². The summed E-state index contributed by atoms with van der Waals surface area (Å²) in [6.45, 7) is -1.24. The smallest absolute Gasteiger partial charge is 0.394 e. The minimum absolute atomic E-state index is 0.158. The standard InChI is InChI=1S/C16H13F3N2O4/c17-16(18,19)11-7-21(6-10(11)15(23)24)14(22)12-8-25-13(20-12)9-4-2-1-3-5-9/h1-5,8,10-11H,6-7H2,(H,23,24)/t10-,11-/m1/s1. The lowest BCUT2D eigenvalue weighted by Gasteiger charge is -2.17. The fourth-order valence-electron chi connectivity index (χ4n) is 2.80. The van der Waals surface area contributed by atoms with Crippen molar-refractivity contribution in [2.24, 2.45) is 11.8 Å². The van der Waals surface area contributed by atoms with Crippen molar-refractivity contribution in [3.8, 4) is 11.5 Å². The Balaban J connectivity index is 1.80. The van der Waals surface area contributed by atoms with Crippen molar-refractivity contribution in [3.63, 3.8) is 0 Å². The number of halogens is 3. The van der Waals surface area contributed by atoms with Crippen LogP contribution in [0, 0.1) is 11.8 Å². The average molecular weight is 354 g/mol. The van der Waals surface area contributed by atoms with Gasteiger partial charge in [-0.1, -0.05) is 18.2 Å². The van der Waals surface area contributed by atoms with Gasteiger partial charge in [-0.25, -0.2) is 4.98 Å². The Hall–Kier alpha value is -2.84. The van der Waals surface area contributed by atoms with Crippen molar-refractivity contribution < 1.29 is 32.3 Å². The Morgan fingerprint density at radius 3 is 2.44 bits per heavy atom. The van der Waals surface area contributed by atoms with Gasteiger partial charge in [-0.05, 0) is 12.1 Å². The molecule has 25 heavy (non-hydrogen) atoms. The molecule has 1 fully saturated rings. The second kappa shape index (κ2) is 6.23. The zero-order valence-corrected chi connectivity index (χ0v) is 12.7. The highest BCUT2D eigenvalue weighted by atomic mass is 19.4. The molecule has 1 aliphatic rings. The molecule has 2 atom stereocenters. The molecule has 2 heterocycles. The Labute approximate surface area is 139 Å². The van der Waals surface area contributed by atoms with Crippen LogP contribution in [-0.4, -0.2) is 46.1 Å². The lowest BCUT2D eigenvalue weighted by Crippen LogP contribution is -2.34. The van der Waals surface area contributed by atoms with E-state index in [0.29, 0.717) is 5.56 Å². The van der Waals surface area contributed by atoms with Gasteiger partial charge in [0.15, 0.2) is 5.69 Å². The number of carbonyl (C=O) groups excluding carboxylic acids is 1. The topological polar surface area (TPSA) is 83.6 Å². The van der Waals surface area contributed by atoms with E-state index in [1.165, 1.54) is 0 Å². The number of nitrogens with zero attached hydrogens (tertiary/aromatic N) is 2. The predicted octanol–water partition coefficient (Wildman–Crippen LogP) is 2.68. The molecular formula is C16H13F3N2O4. The monoisotopic (exact) mass is 354 g/mol. The van der Waals surface area contributed by atoms with Crippen molar-refractivity contribution in [2.45, 2.75) is 6.18 Å². The highest BCUT2D eigenvalue weighted by Crippen LogP contribution is 2.38. The van der Waals surface area contributed by atoms with Gasteiger partial charge >= 0.3 is 12.1 Å². The first-order chi connectivity index (χ1) is 11.8. The molecule has 1 amide bonds. The van der Waals surface area contributed by atoms with Gasteiger partial charge in [0.1, 0.15) is 6.26 Å². The fraction of sp³-hybridized carbons (Fsp3) is 0.312. The van der Waals surface area contributed by atoms with E-state index < -0.39 is 43.0 Å². The summed E-state index contributed by atoms with van der Waals surface area (Å²) in [5.74, 6) is -6.00. The van der Waals surface area contributed by atoms with Crippen LogP contribution in [-0.2, 0) is 4.79 Å². The molecule has 2 aromatic rings. The maximum atomic E-state index is 13.0. The van der Waals surface area contributed by atoms with Crippen LogP contribution in [0.3, 0.4) is 0 Å². The first-order valence-electron chi connectivity index (χ1n) is 7.37. The number of alkyl halides is 3. The van der Waals surface area contributed by atoms with Gasteiger partial charge < -0.3 is 14.4 Å². The molecule has 1 aliphatic heterocycles. The number of aliphatic carboxylic acids is 1. The number of rotatable bonds is 3. The van der Waals surface area contributed by atoms with Gasteiger partial charge in [0, 0.05) is 18.7 Å². The SMILES string of the molecule is O=C(O)[C@@H]1CN(C(=O)c2coc(-c3ccccc3)n2)C[C@H]1C(F)(F)F. The molecule has 6 nitrogen and oxygen atoms in total. The molecule has 9 heteroatoms. The van der Waals surface area contributed by atoms with Crippen LogP contribution in [0.15, 0.2) is 41.0 Å². The largest absolute Gasteiger partial charge is 0.481 e. The first kappa shape index (κ1) is 17.0. The normalized spacial score (nSPS) is 20.7. The van der Waals surface area contributed by atoms with Gasteiger partial charge in [0.05, 0.1) is 11.8 Å². The maximum absolute atomic E-state index is 13.0. The van der Waals surface area contributed by atoms with Crippen LogP contribution < -0.4 is 0 Å². The summed E-state index contributed by atoms with van der Waals surface area (Å²) in [5.41, 5.74) is 0.449. The molecule has 0 radical (unpaired) electrons. The predicted molar refractivity (Wildman–Crippen MR) is 78.5 cm³/mol. The number of hydrogen-bond acceptors (Lipinski definition) is 4. The zero-order valence-electron chi connectivity index (χ0n) is 12.7. The summed E-state index contributed by atoms with van der Waals surface area (Å²) < 4.78 is 44.2. The van der Waals surface area contributed by atoms with E-state index in [0.717, 1.165) is 11.2 Å². The highest BCUT2D eigenvalue weighted by Gasteiger charge is 2.53. The molecule has 0 bridgehead atoms. The number of benzene rings is 1. The number of amides is 1. The van der Waals surface area contributed by atoms with Crippen LogP contribution in [0.5, 0.6) is 0 Å². The van der Waals surface area contributed by atoms with E-state index in [4.69, 9.17) is 9.52 Å². The molecule has 1 saturated heterocycles. The second-order valence-electron chi connectivity index (χ2n) is 5.71. The third kappa shape index (κ3) is 3.35. The van der Waals surface area contributed by atoms with Crippen molar-refractivity contribution in [1.82, 2.24) is 9.88 Å². The van der Waals surface area contributed by atoms with E-state index >= 15 is 0 Å². The molecule has 1 aromatic heterocycles. The molecule has 1 aromatic carbocycles. The number of likely N-dealkylation sites (tertiary alicyclic amines) is 1. The van der Waals surface area contributed by atoms with Crippen molar-refractivity contribution >= 4 is 11.9 Å². The van der Waals surface area contributed by atoms with Crippen molar-refractivity contribution in [3.05, 3.63) is 42.3 Å². The number of carboxylic acid groups (broad SMARTS) is 1. The van der Waals surface area contributed by atoms with Crippen LogP contribution >= 0.6 is 0 Å². The number of aromatic nitrogens is 1. The first-order valence-corrected chi connectivity index (χ1v) is 7.37. The molecule has 3 rings (SSSR count). The zero-order chi connectivity index (χ0) is 18.2. The summed E-state index contributed by atoms with van der Waals surface area (Å²) in [6.07, 6.45) is -3.64. The molecule has 0 aliphatic carbocycles. The lowest BCUT2D eigenvalue weighted by molar-refractivity contribution is -0.187. The molecule has 1 N–H and O–H groups in total. The van der Waals surface area contributed by atoms with Crippen LogP contribution in [0.1, 0.15) is 10.5 Å². The maximum Gasteiger partial charge on any atom is 0.394 e. The Morgan fingerprint density at radius 1 is 1.20 bits per heavy atom. The number of carboxylic acids is 1. The van der Waals surface area contributed by atoms with Crippen LogP contribution in [0.4, 0.5) is 13.2 Å². The third-order valence-corrected chi connectivity index (χ3v) is 4.09. The number of hydrogen-bond donors (Lipinski definition) is 1. The third-order valence-electron chi connectivity index (χ3n) is 4.09. The lowest BCUT2D eigenvalue weighted by atomic mass is 9.96. The van der Waals surface area contributed by atoms with E-state index in [-0.39, 0.29) is 11.6 Å². The summed E-state index contributed by atoms with van der Waals surface area (Å²) in [6, 6.07) is 8.68. The van der Waals surface area contributed by atoms with Gasteiger partial charge in [-0.3, -0.25) is 9.59 Å². The van der Waals surface area contributed by atoms with Crippen LogP contribution in [0.2, 0.25) is 0 Å². The Morgan fingerprint density at radius 2 is 1.88 bits per heavy atom. The number of carbonyl (C=O) groups is 2. The number of oxazole rings is 1. The van der Waals surface area contributed by atoms with E-state index in [2.05, 4.69) is 4.98 Å². The molecular weight excluding hydrogens is 341 g/mol. The van der Waals surface area contributed by atoms with Gasteiger partial charge in [0.2, 0.25) is 5.89 Å². The van der Waals surface area contributed by atoms with Crippen molar-refractivity contribution in [2.75, 3.05) is 13.1 Å². The molecule has 132 valence electrons. The van der Waals surface area contributed by atoms with Crippen molar-refractivity contribution in [1.29, 1.82) is 0 Å². The summed E-state index contributed by atoms with van der Waals surface area (Å²) in [4.78, 5) is 28.3. The Kier molecular flexibility index (Phi) is 4.23. The van der Waals surface area contributed by atoms with E-state index in [1.807, 2.05) is 0 Å². The fourth-order valence-corrected chi connectivity index (χ4v) is 2.80. The van der Waals surface area contributed by atoms with E-state index in [1.54, 1.807) is 30.3 Å². The average Bonchev–Trinajstić information content (AvgIpc) is 3.22. The summed E-state index contributed by atoms with van der Waals surface area (Å²) in [7, 11) is 0. The molecule has 0 saturated carbocycles. The summed E-state index contributed by atoms with van der Waals surface area (Å²) in [5, 5.41) is 9.00. The molecule has 0 spiro atoms. The Bertz CT molecular complexity index is 788. The second-order valence-corrected chi connectivity index (χ2v) is 5.71. The van der Waals surface area contributed by atoms with Gasteiger partial charge in [-0.2, -0.15) is 13.2 Å². The highest BCUT2D eigenvalue weighted by molar-refractivity contribution is 5.93. The minimum Gasteiger partial charge on any atom is -0.481 e. The van der Waals surface area contributed by atoms with Gasteiger partial charge in [-0.15, -0.1) is 0 Å². The summed E-state index contributed by atoms with van der Waals surface area (Å²) >= 11 is 0. The quantitative estimate of drug-likeness (QED) is 0.916. The van der Waals surface area contributed by atoms with Gasteiger partial charge in [0.25, 0.3) is 5.91 Å².